The standard InChI is InChI=1S/C18H20O2/c1-12-8-13(2)10-17(9-12)16-6-4-15(5-7-16)14(3)11-18(19)20/h4-10,14H,11H2,1-3H3,(H,19,20). The van der Waals surface area contributed by atoms with Gasteiger partial charge in [0.1, 0.15) is 0 Å². The summed E-state index contributed by atoms with van der Waals surface area (Å²) in [6.07, 6.45) is 0.170. The molecule has 1 unspecified atom stereocenters. The lowest BCUT2D eigenvalue weighted by atomic mass is 9.94. The van der Waals surface area contributed by atoms with E-state index < -0.39 is 5.97 Å². The molecule has 0 aliphatic carbocycles. The molecule has 20 heavy (non-hydrogen) atoms. The van der Waals surface area contributed by atoms with Gasteiger partial charge in [-0.3, -0.25) is 4.79 Å². The van der Waals surface area contributed by atoms with Crippen LogP contribution in [0.3, 0.4) is 0 Å². The van der Waals surface area contributed by atoms with Crippen molar-refractivity contribution < 1.29 is 9.90 Å². The summed E-state index contributed by atoms with van der Waals surface area (Å²) in [5.74, 6) is -0.711. The third kappa shape index (κ3) is 3.47. The van der Waals surface area contributed by atoms with Crippen LogP contribution in [0.25, 0.3) is 11.1 Å². The van der Waals surface area contributed by atoms with Crippen LogP contribution < -0.4 is 0 Å². The third-order valence-electron chi connectivity index (χ3n) is 3.52. The first-order valence-electron chi connectivity index (χ1n) is 6.86. The van der Waals surface area contributed by atoms with Gasteiger partial charge in [-0.1, -0.05) is 60.5 Å². The van der Waals surface area contributed by atoms with Gasteiger partial charge in [0.05, 0.1) is 6.42 Å². The Labute approximate surface area is 120 Å². The monoisotopic (exact) mass is 268 g/mol. The first-order chi connectivity index (χ1) is 9.45. The molecule has 0 saturated heterocycles. The summed E-state index contributed by atoms with van der Waals surface area (Å²) in [5, 5.41) is 8.84. The minimum Gasteiger partial charge on any atom is -0.481 e. The zero-order valence-corrected chi connectivity index (χ0v) is 12.2. The molecule has 2 aromatic carbocycles. The molecule has 104 valence electrons. The van der Waals surface area contributed by atoms with Crippen LogP contribution in [-0.4, -0.2) is 11.1 Å². The van der Waals surface area contributed by atoms with Crippen molar-refractivity contribution in [3.05, 3.63) is 59.2 Å². The van der Waals surface area contributed by atoms with Gasteiger partial charge < -0.3 is 5.11 Å². The van der Waals surface area contributed by atoms with E-state index in [4.69, 9.17) is 5.11 Å². The van der Waals surface area contributed by atoms with Gasteiger partial charge in [-0.15, -0.1) is 0 Å². The molecule has 2 rings (SSSR count). The maximum absolute atomic E-state index is 10.7. The number of carboxylic acid groups (broad SMARTS) is 1. The zero-order valence-electron chi connectivity index (χ0n) is 12.2. The predicted octanol–water partition coefficient (Wildman–Crippen LogP) is 4.55. The second-order valence-corrected chi connectivity index (χ2v) is 5.50. The Morgan fingerprint density at radius 3 is 2.05 bits per heavy atom. The molecule has 0 aromatic heterocycles. The number of carboxylic acids is 1. The Kier molecular flexibility index (Phi) is 4.23. The molecule has 2 heteroatoms. The minimum absolute atomic E-state index is 0.0424. The van der Waals surface area contributed by atoms with Crippen molar-refractivity contribution in [2.75, 3.05) is 0 Å². The average Bonchev–Trinajstić information content (AvgIpc) is 2.37. The van der Waals surface area contributed by atoms with Gasteiger partial charge in [-0.25, -0.2) is 0 Å². The first-order valence-corrected chi connectivity index (χ1v) is 6.86. The molecule has 0 spiro atoms. The van der Waals surface area contributed by atoms with Crippen molar-refractivity contribution in [2.45, 2.75) is 33.1 Å². The van der Waals surface area contributed by atoms with Crippen molar-refractivity contribution in [2.24, 2.45) is 0 Å². The fourth-order valence-electron chi connectivity index (χ4n) is 2.53. The number of aryl methyl sites for hydroxylation is 2. The smallest absolute Gasteiger partial charge is 0.303 e. The quantitative estimate of drug-likeness (QED) is 0.883. The Balaban J connectivity index is 2.25. The van der Waals surface area contributed by atoms with Gasteiger partial charge in [-0.2, -0.15) is 0 Å². The Bertz CT molecular complexity index is 592. The van der Waals surface area contributed by atoms with Crippen molar-refractivity contribution >= 4 is 5.97 Å². The van der Waals surface area contributed by atoms with Crippen LogP contribution in [0, 0.1) is 13.8 Å². The van der Waals surface area contributed by atoms with E-state index in [-0.39, 0.29) is 12.3 Å². The number of benzene rings is 2. The summed E-state index contributed by atoms with van der Waals surface area (Å²) in [6.45, 7) is 6.14. The molecule has 0 aliphatic rings. The zero-order chi connectivity index (χ0) is 14.7. The normalized spacial score (nSPS) is 12.2. The van der Waals surface area contributed by atoms with Crippen molar-refractivity contribution in [3.63, 3.8) is 0 Å². The molecule has 0 amide bonds. The number of rotatable bonds is 4. The molecular weight excluding hydrogens is 248 g/mol. The van der Waals surface area contributed by atoms with Crippen LogP contribution in [0.2, 0.25) is 0 Å². The maximum atomic E-state index is 10.7. The lowest BCUT2D eigenvalue weighted by Crippen LogP contribution is -2.02. The number of aliphatic carboxylic acids is 1. The summed E-state index contributed by atoms with van der Waals surface area (Å²) in [7, 11) is 0. The Morgan fingerprint density at radius 1 is 1.00 bits per heavy atom. The van der Waals surface area contributed by atoms with Crippen molar-refractivity contribution in [1.82, 2.24) is 0 Å². The summed E-state index contributed by atoms with van der Waals surface area (Å²) in [6, 6.07) is 14.7. The van der Waals surface area contributed by atoms with Gasteiger partial charge in [0.15, 0.2) is 0 Å². The summed E-state index contributed by atoms with van der Waals surface area (Å²) >= 11 is 0. The molecule has 0 heterocycles. The van der Waals surface area contributed by atoms with Crippen molar-refractivity contribution in [3.8, 4) is 11.1 Å². The lowest BCUT2D eigenvalue weighted by molar-refractivity contribution is -0.137. The molecular formula is C18H20O2. The van der Waals surface area contributed by atoms with Gasteiger partial charge in [0.25, 0.3) is 0 Å². The summed E-state index contributed by atoms with van der Waals surface area (Å²) in [4.78, 5) is 10.7. The minimum atomic E-state index is -0.754. The van der Waals surface area contributed by atoms with E-state index in [0.29, 0.717) is 0 Å². The Hall–Kier alpha value is -2.09. The fourth-order valence-corrected chi connectivity index (χ4v) is 2.53. The Morgan fingerprint density at radius 2 is 1.55 bits per heavy atom. The van der Waals surface area contributed by atoms with E-state index in [1.165, 1.54) is 22.3 Å². The van der Waals surface area contributed by atoms with E-state index in [0.717, 1.165) is 5.56 Å². The first kappa shape index (κ1) is 14.3. The molecule has 0 radical (unpaired) electrons. The molecule has 2 aromatic rings. The molecule has 1 atom stereocenters. The van der Waals surface area contributed by atoms with Crippen LogP contribution in [0.1, 0.15) is 36.0 Å². The topological polar surface area (TPSA) is 37.3 Å². The SMILES string of the molecule is Cc1cc(C)cc(-c2ccc(C(C)CC(=O)O)cc2)c1. The second-order valence-electron chi connectivity index (χ2n) is 5.50. The number of carbonyl (C=O) groups is 1. The second kappa shape index (κ2) is 5.91. The van der Waals surface area contributed by atoms with Gasteiger partial charge >= 0.3 is 5.97 Å². The fraction of sp³-hybridized carbons (Fsp3) is 0.278. The largest absolute Gasteiger partial charge is 0.481 e. The van der Waals surface area contributed by atoms with Gasteiger partial charge in [0.2, 0.25) is 0 Å². The number of hydrogen-bond donors (Lipinski definition) is 1. The number of hydrogen-bond acceptors (Lipinski definition) is 1. The third-order valence-corrected chi connectivity index (χ3v) is 3.52. The molecule has 0 saturated carbocycles. The van der Waals surface area contributed by atoms with Crippen LogP contribution in [0.4, 0.5) is 0 Å². The van der Waals surface area contributed by atoms with E-state index in [9.17, 15) is 4.79 Å². The molecule has 1 N–H and O–H groups in total. The lowest BCUT2D eigenvalue weighted by Gasteiger charge is -2.11. The predicted molar refractivity (Wildman–Crippen MR) is 82.0 cm³/mol. The van der Waals surface area contributed by atoms with Crippen LogP contribution in [0.15, 0.2) is 42.5 Å². The summed E-state index contributed by atoms with van der Waals surface area (Å²) < 4.78 is 0. The molecule has 2 nitrogen and oxygen atoms in total. The molecule has 0 fully saturated rings. The van der Waals surface area contributed by atoms with E-state index in [1.807, 2.05) is 19.1 Å². The highest BCUT2D eigenvalue weighted by Crippen LogP contribution is 2.25. The molecule has 0 bridgehead atoms. The maximum Gasteiger partial charge on any atom is 0.303 e. The molecule has 0 aliphatic heterocycles. The van der Waals surface area contributed by atoms with Crippen molar-refractivity contribution in [1.29, 1.82) is 0 Å². The van der Waals surface area contributed by atoms with Gasteiger partial charge in [0, 0.05) is 0 Å². The average molecular weight is 268 g/mol. The van der Waals surface area contributed by atoms with E-state index >= 15 is 0 Å². The summed E-state index contributed by atoms with van der Waals surface area (Å²) in [5.41, 5.74) is 5.95. The van der Waals surface area contributed by atoms with Crippen LogP contribution in [0.5, 0.6) is 0 Å². The highest BCUT2D eigenvalue weighted by Gasteiger charge is 2.10. The van der Waals surface area contributed by atoms with Crippen LogP contribution >= 0.6 is 0 Å². The highest BCUT2D eigenvalue weighted by atomic mass is 16.4. The van der Waals surface area contributed by atoms with E-state index in [1.54, 1.807) is 0 Å². The van der Waals surface area contributed by atoms with Crippen LogP contribution in [-0.2, 0) is 4.79 Å². The van der Waals surface area contributed by atoms with E-state index in [2.05, 4.69) is 44.2 Å². The highest BCUT2D eigenvalue weighted by molar-refractivity contribution is 5.68. The van der Waals surface area contributed by atoms with Gasteiger partial charge in [-0.05, 0) is 36.5 Å².